The van der Waals surface area contributed by atoms with E-state index in [-0.39, 0.29) is 6.04 Å². The van der Waals surface area contributed by atoms with E-state index in [9.17, 15) is 5.11 Å². The molecule has 3 heteroatoms. The summed E-state index contributed by atoms with van der Waals surface area (Å²) in [5.74, 6) is 0. The molecule has 0 amide bonds. The monoisotopic (exact) mass is 206 g/mol. The molecule has 2 unspecified atom stereocenters. The summed E-state index contributed by atoms with van der Waals surface area (Å²) < 4.78 is 0. The van der Waals surface area contributed by atoms with Gasteiger partial charge in [-0.05, 0) is 31.0 Å². The number of nitrogens with one attached hydrogen (secondary N) is 1. The first-order chi connectivity index (χ1) is 7.15. The van der Waals surface area contributed by atoms with Gasteiger partial charge in [0.05, 0.1) is 11.6 Å². The van der Waals surface area contributed by atoms with Crippen LogP contribution in [-0.4, -0.2) is 17.3 Å². The van der Waals surface area contributed by atoms with Crippen LogP contribution in [0.15, 0.2) is 24.3 Å². The number of hydrogen-bond donors (Lipinski definition) is 3. The minimum atomic E-state index is -0.763. The second kappa shape index (κ2) is 3.93. The van der Waals surface area contributed by atoms with Crippen molar-refractivity contribution in [3.8, 4) is 0 Å². The van der Waals surface area contributed by atoms with Crippen LogP contribution in [0.2, 0.25) is 0 Å². The van der Waals surface area contributed by atoms with Crippen LogP contribution in [0.4, 0.5) is 0 Å². The molecule has 0 aliphatic carbocycles. The van der Waals surface area contributed by atoms with Gasteiger partial charge < -0.3 is 16.2 Å². The number of rotatable bonds is 3. The molecule has 0 bridgehead atoms. The predicted octanol–water partition coefficient (Wildman–Crippen LogP) is 0.931. The molecule has 1 aliphatic rings. The summed E-state index contributed by atoms with van der Waals surface area (Å²) in [5.41, 5.74) is 7.23. The number of fused-ring (bicyclic) bond motifs is 1. The molecule has 0 spiro atoms. The van der Waals surface area contributed by atoms with Crippen molar-refractivity contribution in [2.24, 2.45) is 5.73 Å². The summed E-state index contributed by atoms with van der Waals surface area (Å²) in [4.78, 5) is 0. The number of hydrogen-bond acceptors (Lipinski definition) is 3. The maximum absolute atomic E-state index is 10.3. The van der Waals surface area contributed by atoms with Crippen molar-refractivity contribution in [3.63, 3.8) is 0 Å². The van der Waals surface area contributed by atoms with E-state index in [1.54, 1.807) is 0 Å². The quantitative estimate of drug-likeness (QED) is 0.689. The molecular formula is C12H18N2O. The standard InChI is InChI=1S/C12H18N2O/c1-12(15,6-7-13)11-10-5-3-2-4-9(10)8-14-11/h2-5,11,14-15H,6-8,13H2,1H3. The lowest BCUT2D eigenvalue weighted by Gasteiger charge is -2.30. The van der Waals surface area contributed by atoms with Gasteiger partial charge in [-0.3, -0.25) is 0 Å². The SMILES string of the molecule is CC(O)(CCN)C1NCc2ccccc21. The molecule has 2 atom stereocenters. The minimum absolute atomic E-state index is 0.0113. The Labute approximate surface area is 90.3 Å². The van der Waals surface area contributed by atoms with Gasteiger partial charge in [0.1, 0.15) is 0 Å². The fraction of sp³-hybridized carbons (Fsp3) is 0.500. The molecule has 1 aromatic rings. The van der Waals surface area contributed by atoms with E-state index in [4.69, 9.17) is 5.73 Å². The first-order valence-corrected chi connectivity index (χ1v) is 5.39. The molecule has 3 nitrogen and oxygen atoms in total. The van der Waals surface area contributed by atoms with Crippen molar-refractivity contribution in [3.05, 3.63) is 35.4 Å². The summed E-state index contributed by atoms with van der Waals surface area (Å²) >= 11 is 0. The predicted molar refractivity (Wildman–Crippen MR) is 60.3 cm³/mol. The Kier molecular flexibility index (Phi) is 2.78. The van der Waals surface area contributed by atoms with Crippen LogP contribution in [0.1, 0.15) is 30.5 Å². The Bertz CT molecular complexity index is 349. The van der Waals surface area contributed by atoms with Crippen LogP contribution in [0.3, 0.4) is 0 Å². The molecule has 1 aliphatic heterocycles. The van der Waals surface area contributed by atoms with Crippen molar-refractivity contribution in [1.82, 2.24) is 5.32 Å². The summed E-state index contributed by atoms with van der Waals surface area (Å²) in [6, 6.07) is 8.22. The molecule has 1 heterocycles. The Morgan fingerprint density at radius 3 is 3.00 bits per heavy atom. The fourth-order valence-electron chi connectivity index (χ4n) is 2.29. The maximum atomic E-state index is 10.3. The van der Waals surface area contributed by atoms with E-state index in [0.29, 0.717) is 13.0 Å². The van der Waals surface area contributed by atoms with Crippen LogP contribution in [0.25, 0.3) is 0 Å². The average Bonchev–Trinajstić information content (AvgIpc) is 2.61. The molecule has 4 N–H and O–H groups in total. The van der Waals surface area contributed by atoms with E-state index in [1.165, 1.54) is 11.1 Å². The lowest BCUT2D eigenvalue weighted by atomic mass is 9.88. The highest BCUT2D eigenvalue weighted by molar-refractivity contribution is 5.35. The fourth-order valence-corrected chi connectivity index (χ4v) is 2.29. The lowest BCUT2D eigenvalue weighted by molar-refractivity contribution is 0.0161. The molecule has 82 valence electrons. The zero-order valence-corrected chi connectivity index (χ0v) is 9.03. The second-order valence-corrected chi connectivity index (χ2v) is 4.41. The average molecular weight is 206 g/mol. The largest absolute Gasteiger partial charge is 0.388 e. The Hall–Kier alpha value is -0.900. The molecule has 0 fully saturated rings. The van der Waals surface area contributed by atoms with Gasteiger partial charge in [0.2, 0.25) is 0 Å². The van der Waals surface area contributed by atoms with Crippen LogP contribution in [0.5, 0.6) is 0 Å². The van der Waals surface area contributed by atoms with Crippen LogP contribution >= 0.6 is 0 Å². The second-order valence-electron chi connectivity index (χ2n) is 4.41. The van der Waals surface area contributed by atoms with Gasteiger partial charge in [0, 0.05) is 6.54 Å². The molecular weight excluding hydrogens is 188 g/mol. The lowest BCUT2D eigenvalue weighted by Crippen LogP contribution is -2.39. The summed E-state index contributed by atoms with van der Waals surface area (Å²) in [7, 11) is 0. The molecule has 1 aromatic carbocycles. The van der Waals surface area contributed by atoms with Crippen LogP contribution in [-0.2, 0) is 6.54 Å². The van der Waals surface area contributed by atoms with Crippen molar-refractivity contribution in [2.45, 2.75) is 31.5 Å². The number of nitrogens with two attached hydrogens (primary N) is 1. The third-order valence-electron chi connectivity index (χ3n) is 3.14. The zero-order chi connectivity index (χ0) is 10.9. The Balaban J connectivity index is 2.27. The van der Waals surface area contributed by atoms with Crippen LogP contribution in [0, 0.1) is 0 Å². The Morgan fingerprint density at radius 2 is 2.27 bits per heavy atom. The first-order valence-electron chi connectivity index (χ1n) is 5.39. The number of benzene rings is 1. The molecule has 2 rings (SSSR count). The molecule has 0 radical (unpaired) electrons. The topological polar surface area (TPSA) is 58.3 Å². The van der Waals surface area contributed by atoms with Crippen LogP contribution < -0.4 is 11.1 Å². The highest BCUT2D eigenvalue weighted by atomic mass is 16.3. The normalized spacial score (nSPS) is 23.5. The highest BCUT2D eigenvalue weighted by Gasteiger charge is 2.36. The Morgan fingerprint density at radius 1 is 1.53 bits per heavy atom. The molecule has 15 heavy (non-hydrogen) atoms. The van der Waals surface area contributed by atoms with Crippen molar-refractivity contribution in [2.75, 3.05) is 6.54 Å². The third-order valence-corrected chi connectivity index (χ3v) is 3.14. The third kappa shape index (κ3) is 1.91. The van der Waals surface area contributed by atoms with E-state index in [0.717, 1.165) is 6.54 Å². The van der Waals surface area contributed by atoms with Gasteiger partial charge in [0.25, 0.3) is 0 Å². The summed E-state index contributed by atoms with van der Waals surface area (Å²) in [5, 5.41) is 13.7. The van der Waals surface area contributed by atoms with E-state index in [1.807, 2.05) is 19.1 Å². The highest BCUT2D eigenvalue weighted by Crippen LogP contribution is 2.34. The van der Waals surface area contributed by atoms with Gasteiger partial charge >= 0.3 is 0 Å². The van der Waals surface area contributed by atoms with Gasteiger partial charge in [0.15, 0.2) is 0 Å². The smallest absolute Gasteiger partial charge is 0.0825 e. The molecule has 0 aromatic heterocycles. The minimum Gasteiger partial charge on any atom is -0.388 e. The zero-order valence-electron chi connectivity index (χ0n) is 9.03. The summed E-state index contributed by atoms with van der Waals surface area (Å²) in [6.07, 6.45) is 0.610. The van der Waals surface area contributed by atoms with Crippen molar-refractivity contribution in [1.29, 1.82) is 0 Å². The summed E-state index contributed by atoms with van der Waals surface area (Å²) in [6.45, 7) is 3.19. The number of aliphatic hydroxyl groups is 1. The van der Waals surface area contributed by atoms with E-state index >= 15 is 0 Å². The van der Waals surface area contributed by atoms with Gasteiger partial charge in [-0.15, -0.1) is 0 Å². The van der Waals surface area contributed by atoms with E-state index in [2.05, 4.69) is 17.4 Å². The van der Waals surface area contributed by atoms with Gasteiger partial charge in [-0.1, -0.05) is 24.3 Å². The maximum Gasteiger partial charge on any atom is 0.0825 e. The molecule has 0 saturated heterocycles. The molecule has 0 saturated carbocycles. The van der Waals surface area contributed by atoms with Crippen molar-refractivity contribution >= 4 is 0 Å². The van der Waals surface area contributed by atoms with Crippen molar-refractivity contribution < 1.29 is 5.11 Å². The van der Waals surface area contributed by atoms with Gasteiger partial charge in [-0.25, -0.2) is 0 Å². The first kappa shape index (κ1) is 10.6. The van der Waals surface area contributed by atoms with E-state index < -0.39 is 5.60 Å². The van der Waals surface area contributed by atoms with Gasteiger partial charge in [-0.2, -0.15) is 0 Å².